The van der Waals surface area contributed by atoms with Crippen LogP contribution in [0.4, 0.5) is 5.69 Å². The first kappa shape index (κ1) is 16.4. The predicted octanol–water partition coefficient (Wildman–Crippen LogP) is 3.86. The monoisotopic (exact) mass is 366 g/mol. The third kappa shape index (κ3) is 3.88. The first-order valence-corrected chi connectivity index (χ1v) is 9.15. The fraction of sp³-hybridized carbons (Fsp3) is 0.250. The fourth-order valence-corrected chi connectivity index (χ4v) is 4.54. The molecular weight excluding hydrogens is 352 g/mol. The molecule has 0 aliphatic carbocycles. The topological polar surface area (TPSA) is 49.4 Å². The number of hydrogen-bond acceptors (Lipinski definition) is 4. The van der Waals surface area contributed by atoms with Crippen LogP contribution in [0.15, 0.2) is 41.3 Å². The smallest absolute Gasteiger partial charge is 0.238 e. The highest BCUT2D eigenvalue weighted by Gasteiger charge is 2.29. The Bertz CT molecular complexity index is 747. The van der Waals surface area contributed by atoms with E-state index in [1.807, 2.05) is 36.4 Å². The third-order valence-electron chi connectivity index (χ3n) is 3.51. The summed E-state index contributed by atoms with van der Waals surface area (Å²) in [6.45, 7) is 0.506. The maximum absolute atomic E-state index is 12.4. The zero-order chi connectivity index (χ0) is 16.4. The molecular formula is C16H15ClN2O2S2. The van der Waals surface area contributed by atoms with Crippen LogP contribution in [0.25, 0.3) is 0 Å². The summed E-state index contributed by atoms with van der Waals surface area (Å²) >= 11 is 8.81. The van der Waals surface area contributed by atoms with Crippen LogP contribution in [-0.2, 0) is 16.1 Å². The zero-order valence-electron chi connectivity index (χ0n) is 12.4. The Morgan fingerprint density at radius 1 is 1.30 bits per heavy atom. The molecule has 0 fully saturated rings. The molecule has 0 bridgehead atoms. The van der Waals surface area contributed by atoms with E-state index in [2.05, 4.69) is 5.32 Å². The van der Waals surface area contributed by atoms with Crippen LogP contribution in [-0.4, -0.2) is 29.0 Å². The van der Waals surface area contributed by atoms with Gasteiger partial charge in [0.15, 0.2) is 0 Å². The molecule has 2 amide bonds. The molecule has 23 heavy (non-hydrogen) atoms. The number of carbonyl (C=O) groups is 2. The van der Waals surface area contributed by atoms with E-state index in [0.717, 1.165) is 15.5 Å². The van der Waals surface area contributed by atoms with Gasteiger partial charge in [-0.2, -0.15) is 0 Å². The minimum absolute atomic E-state index is 0.0541. The SMILES string of the molecule is CN(Cc1ccc(Cl)s1)C(=O)CC1Sc2ccccc2NC1=O. The number of halogens is 1. The molecule has 1 N–H and O–H groups in total. The summed E-state index contributed by atoms with van der Waals surface area (Å²) in [5, 5.41) is 2.46. The summed E-state index contributed by atoms with van der Waals surface area (Å²) in [7, 11) is 1.75. The van der Waals surface area contributed by atoms with E-state index < -0.39 is 5.25 Å². The molecule has 0 radical (unpaired) electrons. The average molecular weight is 367 g/mol. The largest absolute Gasteiger partial charge is 0.341 e. The van der Waals surface area contributed by atoms with Gasteiger partial charge in [-0.15, -0.1) is 23.1 Å². The number of fused-ring (bicyclic) bond motifs is 1. The molecule has 4 nitrogen and oxygen atoms in total. The van der Waals surface area contributed by atoms with Crippen molar-refractivity contribution in [2.24, 2.45) is 0 Å². The van der Waals surface area contributed by atoms with Crippen molar-refractivity contribution < 1.29 is 9.59 Å². The molecule has 0 saturated carbocycles. The lowest BCUT2D eigenvalue weighted by atomic mass is 10.2. The van der Waals surface area contributed by atoms with Crippen molar-refractivity contribution in [3.05, 3.63) is 45.6 Å². The van der Waals surface area contributed by atoms with Crippen LogP contribution in [0.3, 0.4) is 0 Å². The number of thiophene rings is 1. The van der Waals surface area contributed by atoms with E-state index in [4.69, 9.17) is 11.6 Å². The lowest BCUT2D eigenvalue weighted by molar-refractivity contribution is -0.131. The van der Waals surface area contributed by atoms with Crippen molar-refractivity contribution in [3.63, 3.8) is 0 Å². The van der Waals surface area contributed by atoms with E-state index in [9.17, 15) is 9.59 Å². The van der Waals surface area contributed by atoms with E-state index in [1.54, 1.807) is 11.9 Å². The molecule has 1 aromatic heterocycles. The maximum atomic E-state index is 12.4. The van der Waals surface area contributed by atoms with Crippen molar-refractivity contribution in [2.75, 3.05) is 12.4 Å². The van der Waals surface area contributed by atoms with Gasteiger partial charge in [0.05, 0.1) is 21.8 Å². The summed E-state index contributed by atoms with van der Waals surface area (Å²) in [5.74, 6) is -0.170. The number of rotatable bonds is 4. The van der Waals surface area contributed by atoms with Gasteiger partial charge in [-0.1, -0.05) is 23.7 Å². The second-order valence-corrected chi connectivity index (χ2v) is 8.30. The van der Waals surface area contributed by atoms with Gasteiger partial charge in [0.2, 0.25) is 11.8 Å². The Labute approximate surface area is 147 Å². The molecule has 120 valence electrons. The first-order chi connectivity index (χ1) is 11.0. The fourth-order valence-electron chi connectivity index (χ4n) is 2.30. The molecule has 0 spiro atoms. The predicted molar refractivity (Wildman–Crippen MR) is 95.1 cm³/mol. The van der Waals surface area contributed by atoms with Crippen LogP contribution in [0, 0.1) is 0 Å². The van der Waals surface area contributed by atoms with Crippen molar-refractivity contribution in [1.29, 1.82) is 0 Å². The lowest BCUT2D eigenvalue weighted by Gasteiger charge is -2.25. The molecule has 2 aromatic rings. The highest BCUT2D eigenvalue weighted by atomic mass is 35.5. The van der Waals surface area contributed by atoms with Crippen molar-refractivity contribution in [3.8, 4) is 0 Å². The van der Waals surface area contributed by atoms with Crippen LogP contribution in [0.2, 0.25) is 4.34 Å². The summed E-state index contributed by atoms with van der Waals surface area (Å²) < 4.78 is 0.708. The minimum Gasteiger partial charge on any atom is -0.341 e. The number of amides is 2. The van der Waals surface area contributed by atoms with Gasteiger partial charge in [-0.05, 0) is 24.3 Å². The van der Waals surface area contributed by atoms with E-state index in [0.29, 0.717) is 10.9 Å². The minimum atomic E-state index is -0.397. The van der Waals surface area contributed by atoms with Crippen molar-refractivity contribution in [2.45, 2.75) is 23.1 Å². The molecule has 2 heterocycles. The average Bonchev–Trinajstić information content (AvgIpc) is 2.93. The quantitative estimate of drug-likeness (QED) is 0.893. The molecule has 7 heteroatoms. The highest BCUT2D eigenvalue weighted by molar-refractivity contribution is 8.01. The normalized spacial score (nSPS) is 16.6. The molecule has 1 aliphatic rings. The zero-order valence-corrected chi connectivity index (χ0v) is 14.8. The van der Waals surface area contributed by atoms with Gasteiger partial charge >= 0.3 is 0 Å². The maximum Gasteiger partial charge on any atom is 0.238 e. The number of carbonyl (C=O) groups excluding carboxylic acids is 2. The number of nitrogens with one attached hydrogen (secondary N) is 1. The molecule has 1 atom stereocenters. The molecule has 1 unspecified atom stereocenters. The summed E-state index contributed by atoms with van der Waals surface area (Å²) in [5.41, 5.74) is 0.813. The third-order valence-corrected chi connectivity index (χ3v) is 6.01. The Hall–Kier alpha value is -1.50. The number of thioether (sulfide) groups is 1. The highest BCUT2D eigenvalue weighted by Crippen LogP contribution is 2.36. The second-order valence-electron chi connectivity index (χ2n) is 5.25. The number of anilines is 1. The van der Waals surface area contributed by atoms with E-state index >= 15 is 0 Å². The Morgan fingerprint density at radius 3 is 2.83 bits per heavy atom. The van der Waals surface area contributed by atoms with Crippen LogP contribution < -0.4 is 5.32 Å². The van der Waals surface area contributed by atoms with Gasteiger partial charge in [0.25, 0.3) is 0 Å². The number of benzene rings is 1. The Morgan fingerprint density at radius 2 is 2.09 bits per heavy atom. The van der Waals surface area contributed by atoms with E-state index in [1.165, 1.54) is 23.1 Å². The van der Waals surface area contributed by atoms with Crippen molar-refractivity contribution in [1.82, 2.24) is 4.90 Å². The number of hydrogen-bond donors (Lipinski definition) is 1. The molecule has 3 rings (SSSR count). The van der Waals surface area contributed by atoms with Crippen LogP contribution >= 0.6 is 34.7 Å². The van der Waals surface area contributed by atoms with Crippen molar-refractivity contribution >= 4 is 52.2 Å². The molecule has 1 aliphatic heterocycles. The molecule has 0 saturated heterocycles. The Kier molecular flexibility index (Phi) is 4.94. The summed E-state index contributed by atoms with van der Waals surface area (Å²) in [6, 6.07) is 11.4. The Balaban J connectivity index is 1.62. The van der Waals surface area contributed by atoms with Gasteiger partial charge in [0.1, 0.15) is 0 Å². The van der Waals surface area contributed by atoms with E-state index in [-0.39, 0.29) is 18.2 Å². The van der Waals surface area contributed by atoms with Gasteiger partial charge in [0, 0.05) is 23.2 Å². The summed E-state index contributed by atoms with van der Waals surface area (Å²) in [6.07, 6.45) is 0.181. The lowest BCUT2D eigenvalue weighted by Crippen LogP contribution is -2.35. The van der Waals surface area contributed by atoms with Crippen LogP contribution in [0.1, 0.15) is 11.3 Å². The molecule has 1 aromatic carbocycles. The van der Waals surface area contributed by atoms with Crippen LogP contribution in [0.5, 0.6) is 0 Å². The standard InChI is InChI=1S/C16H15ClN2O2S2/c1-19(9-10-6-7-14(17)22-10)15(20)8-13-16(21)18-11-4-2-3-5-12(11)23-13/h2-7,13H,8-9H2,1H3,(H,18,21). The second kappa shape index (κ2) is 6.95. The van der Waals surface area contributed by atoms with Gasteiger partial charge < -0.3 is 10.2 Å². The first-order valence-electron chi connectivity index (χ1n) is 7.07. The van der Waals surface area contributed by atoms with Gasteiger partial charge in [-0.3, -0.25) is 9.59 Å². The number of nitrogens with zero attached hydrogens (tertiary/aromatic N) is 1. The summed E-state index contributed by atoms with van der Waals surface area (Å²) in [4.78, 5) is 28.2. The van der Waals surface area contributed by atoms with Gasteiger partial charge in [-0.25, -0.2) is 0 Å². The number of para-hydroxylation sites is 1.